The van der Waals surface area contributed by atoms with Crippen molar-refractivity contribution in [2.75, 3.05) is 18.4 Å². The molecule has 1 saturated heterocycles. The summed E-state index contributed by atoms with van der Waals surface area (Å²) in [4.78, 5) is 16.5. The summed E-state index contributed by atoms with van der Waals surface area (Å²) in [5, 5.41) is 3.28. The molecule has 6 nitrogen and oxygen atoms in total. The lowest BCUT2D eigenvalue weighted by molar-refractivity contribution is -0.139. The number of nitrogens with one attached hydrogen (secondary N) is 1. The van der Waals surface area contributed by atoms with Crippen LogP contribution in [0.4, 0.5) is 18.3 Å². The lowest BCUT2D eigenvalue weighted by atomic mass is 9.97. The van der Waals surface area contributed by atoms with Crippen LogP contribution < -0.4 is 5.32 Å². The number of hydrogen-bond donors (Lipinski definition) is 1. The molecule has 0 unspecified atom stereocenters. The van der Waals surface area contributed by atoms with E-state index in [2.05, 4.69) is 10.3 Å². The van der Waals surface area contributed by atoms with E-state index in [1.807, 2.05) is 26.0 Å². The number of fused-ring (bicyclic) bond motifs is 1. The molecule has 11 heteroatoms. The summed E-state index contributed by atoms with van der Waals surface area (Å²) in [7, 11) is -4.34. The standard InChI is InChI=1S/C22H22F3N3O3S2/c1-13-11-14(2)19-17(12-13)32-21(26-19)27-20(29)15-7-9-28(10-8-15)33(30,31)18-6-4-3-5-16(18)22(23,24)25/h3-6,11-12,15H,7-10H2,1-2H3,(H,26,27,29). The number of benzene rings is 2. The van der Waals surface area contributed by atoms with Crippen LogP contribution >= 0.6 is 11.3 Å². The molecule has 0 aliphatic carbocycles. The summed E-state index contributed by atoms with van der Waals surface area (Å²) in [6.07, 6.45) is -4.36. The van der Waals surface area contributed by atoms with E-state index in [0.717, 1.165) is 43.8 Å². The molecule has 2 aromatic carbocycles. The molecule has 1 aromatic heterocycles. The highest BCUT2D eigenvalue weighted by Gasteiger charge is 2.40. The van der Waals surface area contributed by atoms with Crippen LogP contribution in [0, 0.1) is 19.8 Å². The zero-order valence-corrected chi connectivity index (χ0v) is 19.6. The van der Waals surface area contributed by atoms with Gasteiger partial charge in [-0.05, 0) is 56.0 Å². The van der Waals surface area contributed by atoms with Crippen LogP contribution in [-0.2, 0) is 21.0 Å². The molecule has 0 atom stereocenters. The maximum absolute atomic E-state index is 13.3. The van der Waals surface area contributed by atoms with Crippen LogP contribution in [0.1, 0.15) is 29.5 Å². The zero-order chi connectivity index (χ0) is 24.0. The predicted octanol–water partition coefficient (Wildman–Crippen LogP) is 4.97. The predicted molar refractivity (Wildman–Crippen MR) is 121 cm³/mol. The number of aromatic nitrogens is 1. The van der Waals surface area contributed by atoms with E-state index in [0.29, 0.717) is 5.13 Å². The van der Waals surface area contributed by atoms with E-state index in [4.69, 9.17) is 0 Å². The average Bonchev–Trinajstić information content (AvgIpc) is 3.16. The lowest BCUT2D eigenvalue weighted by Gasteiger charge is -2.31. The summed E-state index contributed by atoms with van der Waals surface area (Å²) >= 11 is 1.37. The third-order valence-corrected chi connectivity index (χ3v) is 8.57. The number of alkyl halides is 3. The number of carbonyl (C=O) groups is 1. The van der Waals surface area contributed by atoms with Gasteiger partial charge in [-0.25, -0.2) is 13.4 Å². The summed E-state index contributed by atoms with van der Waals surface area (Å²) in [5.74, 6) is -0.722. The Morgan fingerprint density at radius 2 is 1.82 bits per heavy atom. The molecule has 1 amide bonds. The number of nitrogens with zero attached hydrogens (tertiary/aromatic N) is 2. The fourth-order valence-corrected chi connectivity index (χ4v) is 6.78. The number of hydrogen-bond acceptors (Lipinski definition) is 5. The van der Waals surface area contributed by atoms with Crippen LogP contribution in [0.25, 0.3) is 10.2 Å². The minimum Gasteiger partial charge on any atom is -0.302 e. The second-order valence-corrected chi connectivity index (χ2v) is 11.0. The summed E-state index contributed by atoms with van der Waals surface area (Å²) in [6, 6.07) is 8.16. The Balaban J connectivity index is 1.45. The van der Waals surface area contributed by atoms with E-state index in [-0.39, 0.29) is 31.8 Å². The number of aryl methyl sites for hydroxylation is 2. The second-order valence-electron chi connectivity index (χ2n) is 8.11. The monoisotopic (exact) mass is 497 g/mol. The van der Waals surface area contributed by atoms with E-state index in [1.165, 1.54) is 17.4 Å². The van der Waals surface area contributed by atoms with Crippen LogP contribution in [0.3, 0.4) is 0 Å². The zero-order valence-electron chi connectivity index (χ0n) is 17.9. The van der Waals surface area contributed by atoms with Crippen LogP contribution in [-0.4, -0.2) is 36.7 Å². The van der Waals surface area contributed by atoms with E-state index in [9.17, 15) is 26.4 Å². The van der Waals surface area contributed by atoms with Gasteiger partial charge in [0.15, 0.2) is 5.13 Å². The highest BCUT2D eigenvalue weighted by atomic mass is 32.2. The number of sulfonamides is 1. The molecule has 0 radical (unpaired) electrons. The van der Waals surface area contributed by atoms with Crippen LogP contribution in [0.15, 0.2) is 41.3 Å². The van der Waals surface area contributed by atoms with Gasteiger partial charge in [0, 0.05) is 19.0 Å². The van der Waals surface area contributed by atoms with Crippen molar-refractivity contribution in [3.8, 4) is 0 Å². The molecule has 1 aliphatic rings. The number of halogens is 3. The molecular formula is C22H22F3N3O3S2. The molecular weight excluding hydrogens is 475 g/mol. The Kier molecular flexibility index (Phi) is 6.23. The van der Waals surface area contributed by atoms with Crippen LogP contribution in [0.5, 0.6) is 0 Å². The van der Waals surface area contributed by atoms with Crippen molar-refractivity contribution in [1.29, 1.82) is 0 Å². The Morgan fingerprint density at radius 1 is 1.15 bits per heavy atom. The van der Waals surface area contributed by atoms with Gasteiger partial charge < -0.3 is 5.32 Å². The number of carbonyl (C=O) groups excluding carboxylic acids is 1. The molecule has 33 heavy (non-hydrogen) atoms. The number of thiazole rings is 1. The highest BCUT2D eigenvalue weighted by molar-refractivity contribution is 7.89. The fraction of sp³-hybridized carbons (Fsp3) is 0.364. The highest BCUT2D eigenvalue weighted by Crippen LogP contribution is 2.36. The fourth-order valence-electron chi connectivity index (χ4n) is 4.05. The molecule has 176 valence electrons. The van der Waals surface area contributed by atoms with Crippen LogP contribution in [0.2, 0.25) is 0 Å². The first kappa shape index (κ1) is 23.7. The molecule has 0 spiro atoms. The first-order chi connectivity index (χ1) is 15.5. The molecule has 4 rings (SSSR count). The molecule has 1 aliphatic heterocycles. The number of piperidine rings is 1. The van der Waals surface area contributed by atoms with Crippen molar-refractivity contribution in [2.24, 2.45) is 5.92 Å². The van der Waals surface area contributed by atoms with Crippen molar-refractivity contribution >= 4 is 42.6 Å². The summed E-state index contributed by atoms with van der Waals surface area (Å²) < 4.78 is 67.7. The smallest absolute Gasteiger partial charge is 0.302 e. The SMILES string of the molecule is Cc1cc(C)c2nc(NC(=O)C3CCN(S(=O)(=O)c4ccccc4C(F)(F)F)CC3)sc2c1. The topological polar surface area (TPSA) is 79.4 Å². The molecule has 0 bridgehead atoms. The first-order valence-corrected chi connectivity index (χ1v) is 12.6. The van der Waals surface area contributed by atoms with Crippen molar-refractivity contribution in [3.63, 3.8) is 0 Å². The van der Waals surface area contributed by atoms with Gasteiger partial charge in [0.05, 0.1) is 20.7 Å². The van der Waals surface area contributed by atoms with Gasteiger partial charge in [0.25, 0.3) is 0 Å². The van der Waals surface area contributed by atoms with Gasteiger partial charge in [-0.3, -0.25) is 4.79 Å². The van der Waals surface area contributed by atoms with Gasteiger partial charge in [-0.15, -0.1) is 0 Å². The van der Waals surface area contributed by atoms with Gasteiger partial charge in [0.1, 0.15) is 0 Å². The van der Waals surface area contributed by atoms with Crippen molar-refractivity contribution in [3.05, 3.63) is 53.1 Å². The van der Waals surface area contributed by atoms with Gasteiger partial charge in [-0.2, -0.15) is 17.5 Å². The molecule has 0 saturated carbocycles. The lowest BCUT2D eigenvalue weighted by Crippen LogP contribution is -2.41. The minimum atomic E-state index is -4.78. The van der Waals surface area contributed by atoms with Crippen molar-refractivity contribution in [2.45, 2.75) is 37.8 Å². The Labute approximate surface area is 193 Å². The normalized spacial score (nSPS) is 16.3. The maximum Gasteiger partial charge on any atom is 0.417 e. The Hall–Kier alpha value is -2.50. The second kappa shape index (κ2) is 8.69. The number of anilines is 1. The quantitative estimate of drug-likeness (QED) is 0.552. The van der Waals surface area contributed by atoms with Gasteiger partial charge >= 0.3 is 6.18 Å². The van der Waals surface area contributed by atoms with E-state index in [1.54, 1.807) is 0 Å². The third-order valence-electron chi connectivity index (χ3n) is 5.69. The maximum atomic E-state index is 13.3. The summed E-state index contributed by atoms with van der Waals surface area (Å²) in [6.45, 7) is 3.86. The van der Waals surface area contributed by atoms with E-state index < -0.39 is 32.6 Å². The Bertz CT molecular complexity index is 1310. The summed E-state index contributed by atoms with van der Waals surface area (Å²) in [5.41, 5.74) is 1.75. The van der Waals surface area contributed by atoms with Crippen molar-refractivity contribution < 1.29 is 26.4 Å². The van der Waals surface area contributed by atoms with Gasteiger partial charge in [0.2, 0.25) is 15.9 Å². The number of amides is 1. The Morgan fingerprint density at radius 3 is 2.48 bits per heavy atom. The molecule has 2 heterocycles. The largest absolute Gasteiger partial charge is 0.417 e. The van der Waals surface area contributed by atoms with Gasteiger partial charge in [-0.1, -0.05) is 29.5 Å². The number of rotatable bonds is 4. The van der Waals surface area contributed by atoms with Crippen molar-refractivity contribution in [1.82, 2.24) is 9.29 Å². The third kappa shape index (κ3) is 4.75. The molecule has 1 fully saturated rings. The minimum absolute atomic E-state index is 0.0369. The van der Waals surface area contributed by atoms with E-state index >= 15 is 0 Å². The molecule has 3 aromatic rings. The first-order valence-electron chi connectivity index (χ1n) is 10.3. The molecule has 1 N–H and O–H groups in total. The average molecular weight is 498 g/mol.